The number of nitrogens with zero attached hydrogens (tertiary/aromatic N) is 2. The van der Waals surface area contributed by atoms with Crippen molar-refractivity contribution in [3.63, 3.8) is 0 Å². The third kappa shape index (κ3) is 4.40. The summed E-state index contributed by atoms with van der Waals surface area (Å²) >= 11 is 0. The summed E-state index contributed by atoms with van der Waals surface area (Å²) in [6.07, 6.45) is 0.341. The summed E-state index contributed by atoms with van der Waals surface area (Å²) in [7, 11) is 1.54. The normalized spacial score (nSPS) is 10.5. The number of hydrogen-bond acceptors (Lipinski definition) is 5. The number of nitrogens with one attached hydrogen (secondary N) is 2. The van der Waals surface area contributed by atoms with E-state index in [1.54, 1.807) is 37.3 Å². The monoisotopic (exact) mass is 382 g/mol. The highest BCUT2D eigenvalue weighted by atomic mass is 19.1. The summed E-state index contributed by atoms with van der Waals surface area (Å²) in [5.74, 6) is -0.274. The van der Waals surface area contributed by atoms with Crippen molar-refractivity contribution in [2.45, 2.75) is 19.8 Å². The molecule has 144 valence electrons. The fraction of sp³-hybridized carbons (Fsp3) is 0.200. The van der Waals surface area contributed by atoms with Crippen LogP contribution in [0.5, 0.6) is 0 Å². The predicted octanol–water partition coefficient (Wildman–Crippen LogP) is 3.12. The smallest absolute Gasteiger partial charge is 0.253 e. The third-order valence-corrected chi connectivity index (χ3v) is 4.14. The number of anilines is 1. The Morgan fingerprint density at radius 3 is 2.61 bits per heavy atom. The van der Waals surface area contributed by atoms with Gasteiger partial charge in [-0.1, -0.05) is 17.3 Å². The quantitative estimate of drug-likeness (QED) is 0.683. The standard InChI is InChI=1S/C20H19FN4O3/c1-12-4-3-5-15(18(12)20(27)22-2)23-16(26)10-11-17-24-19(25-28-17)13-6-8-14(21)9-7-13/h3-9H,10-11H2,1-2H3,(H,22,27)(H,23,26). The molecule has 3 aromatic rings. The van der Waals surface area contributed by atoms with Gasteiger partial charge < -0.3 is 15.2 Å². The van der Waals surface area contributed by atoms with Gasteiger partial charge in [0.05, 0.1) is 11.3 Å². The van der Waals surface area contributed by atoms with Gasteiger partial charge in [-0.15, -0.1) is 0 Å². The predicted molar refractivity (Wildman–Crippen MR) is 101 cm³/mol. The molecule has 1 heterocycles. The van der Waals surface area contributed by atoms with E-state index in [1.165, 1.54) is 19.2 Å². The van der Waals surface area contributed by atoms with E-state index < -0.39 is 0 Å². The van der Waals surface area contributed by atoms with Gasteiger partial charge >= 0.3 is 0 Å². The lowest BCUT2D eigenvalue weighted by atomic mass is 10.1. The van der Waals surface area contributed by atoms with Crippen LogP contribution in [-0.2, 0) is 11.2 Å². The second-order valence-electron chi connectivity index (χ2n) is 6.14. The number of benzene rings is 2. The molecule has 2 aromatic carbocycles. The van der Waals surface area contributed by atoms with E-state index in [0.29, 0.717) is 28.5 Å². The minimum Gasteiger partial charge on any atom is -0.355 e. The highest BCUT2D eigenvalue weighted by Gasteiger charge is 2.16. The largest absolute Gasteiger partial charge is 0.355 e. The van der Waals surface area contributed by atoms with Crippen molar-refractivity contribution >= 4 is 17.5 Å². The molecule has 0 saturated carbocycles. The van der Waals surface area contributed by atoms with Crippen molar-refractivity contribution in [2.24, 2.45) is 0 Å². The molecule has 0 atom stereocenters. The van der Waals surface area contributed by atoms with Crippen molar-refractivity contribution in [2.75, 3.05) is 12.4 Å². The zero-order valence-electron chi connectivity index (χ0n) is 15.5. The summed E-state index contributed by atoms with van der Waals surface area (Å²) in [6.45, 7) is 1.80. The first-order valence-corrected chi connectivity index (χ1v) is 8.68. The number of aromatic nitrogens is 2. The van der Waals surface area contributed by atoms with Crippen molar-refractivity contribution in [3.05, 3.63) is 65.3 Å². The molecule has 0 fully saturated rings. The van der Waals surface area contributed by atoms with Gasteiger partial charge in [0.15, 0.2) is 0 Å². The number of amides is 2. The number of carbonyl (C=O) groups excluding carboxylic acids is 2. The minimum atomic E-state index is -0.351. The van der Waals surface area contributed by atoms with Crippen LogP contribution in [-0.4, -0.2) is 29.0 Å². The molecule has 0 radical (unpaired) electrons. The molecule has 1 aromatic heterocycles. The first-order valence-electron chi connectivity index (χ1n) is 8.68. The Morgan fingerprint density at radius 1 is 1.14 bits per heavy atom. The molecule has 2 amide bonds. The SMILES string of the molecule is CNC(=O)c1c(C)cccc1NC(=O)CCc1nc(-c2ccc(F)cc2)no1. The van der Waals surface area contributed by atoms with Crippen LogP contribution >= 0.6 is 0 Å². The lowest BCUT2D eigenvalue weighted by molar-refractivity contribution is -0.116. The first kappa shape index (κ1) is 19.2. The van der Waals surface area contributed by atoms with Gasteiger partial charge in [-0.05, 0) is 42.8 Å². The highest BCUT2D eigenvalue weighted by molar-refractivity contribution is 6.04. The lowest BCUT2D eigenvalue weighted by Gasteiger charge is -2.12. The Hall–Kier alpha value is -3.55. The highest BCUT2D eigenvalue weighted by Crippen LogP contribution is 2.20. The molecule has 0 unspecified atom stereocenters. The number of halogens is 1. The Bertz CT molecular complexity index is 999. The minimum absolute atomic E-state index is 0.103. The van der Waals surface area contributed by atoms with Crippen LogP contribution in [0.1, 0.15) is 28.2 Å². The van der Waals surface area contributed by atoms with Gasteiger partial charge in [0, 0.05) is 25.5 Å². The van der Waals surface area contributed by atoms with Gasteiger partial charge in [-0.25, -0.2) is 4.39 Å². The Balaban J connectivity index is 1.63. The average molecular weight is 382 g/mol. The van der Waals surface area contributed by atoms with Gasteiger partial charge in [-0.2, -0.15) is 4.98 Å². The van der Waals surface area contributed by atoms with Crippen LogP contribution in [0, 0.1) is 12.7 Å². The van der Waals surface area contributed by atoms with Crippen molar-refractivity contribution in [3.8, 4) is 11.4 Å². The fourth-order valence-corrected chi connectivity index (χ4v) is 2.70. The van der Waals surface area contributed by atoms with Crippen LogP contribution in [0.2, 0.25) is 0 Å². The molecule has 0 bridgehead atoms. The second-order valence-corrected chi connectivity index (χ2v) is 6.14. The zero-order chi connectivity index (χ0) is 20.1. The van der Waals surface area contributed by atoms with Gasteiger partial charge in [0.2, 0.25) is 17.6 Å². The average Bonchev–Trinajstić information content (AvgIpc) is 3.15. The molecule has 0 aliphatic heterocycles. The molecule has 0 aliphatic carbocycles. The summed E-state index contributed by atoms with van der Waals surface area (Å²) < 4.78 is 18.1. The van der Waals surface area contributed by atoms with Crippen LogP contribution in [0.4, 0.5) is 10.1 Å². The Kier molecular flexibility index (Phi) is 5.78. The molecular weight excluding hydrogens is 363 g/mol. The van der Waals surface area contributed by atoms with Gasteiger partial charge in [0.1, 0.15) is 5.82 Å². The van der Waals surface area contributed by atoms with Crippen LogP contribution in [0.25, 0.3) is 11.4 Å². The molecular formula is C20H19FN4O3. The van der Waals surface area contributed by atoms with Gasteiger partial charge in [0.25, 0.3) is 5.91 Å². The molecule has 28 heavy (non-hydrogen) atoms. The molecule has 3 rings (SSSR count). The summed E-state index contributed by atoms with van der Waals surface area (Å²) in [4.78, 5) is 28.6. The maximum absolute atomic E-state index is 13.0. The number of carbonyl (C=O) groups is 2. The molecule has 0 spiro atoms. The van der Waals surface area contributed by atoms with E-state index in [2.05, 4.69) is 20.8 Å². The third-order valence-electron chi connectivity index (χ3n) is 4.14. The van der Waals surface area contributed by atoms with E-state index in [9.17, 15) is 14.0 Å². The summed E-state index contributed by atoms with van der Waals surface area (Å²) in [6, 6.07) is 11.0. The summed E-state index contributed by atoms with van der Waals surface area (Å²) in [5, 5.41) is 9.16. The zero-order valence-corrected chi connectivity index (χ0v) is 15.5. The second kappa shape index (κ2) is 8.43. The summed E-state index contributed by atoms with van der Waals surface area (Å²) in [5.41, 5.74) is 2.26. The molecule has 2 N–H and O–H groups in total. The van der Waals surface area contributed by atoms with Crippen molar-refractivity contribution in [1.29, 1.82) is 0 Å². The van der Waals surface area contributed by atoms with E-state index in [1.807, 2.05) is 0 Å². The topological polar surface area (TPSA) is 97.1 Å². The first-order chi connectivity index (χ1) is 13.5. The Labute approximate surface area is 161 Å². The van der Waals surface area contributed by atoms with E-state index >= 15 is 0 Å². The van der Waals surface area contributed by atoms with Crippen LogP contribution in [0.3, 0.4) is 0 Å². The molecule has 8 heteroatoms. The Morgan fingerprint density at radius 2 is 1.89 bits per heavy atom. The molecule has 0 aliphatic rings. The maximum atomic E-state index is 13.0. The lowest BCUT2D eigenvalue weighted by Crippen LogP contribution is -2.22. The van der Waals surface area contributed by atoms with Crippen molar-refractivity contribution < 1.29 is 18.5 Å². The van der Waals surface area contributed by atoms with Crippen molar-refractivity contribution in [1.82, 2.24) is 15.5 Å². The van der Waals surface area contributed by atoms with E-state index in [4.69, 9.17) is 4.52 Å². The van der Waals surface area contributed by atoms with Crippen LogP contribution in [0.15, 0.2) is 47.0 Å². The van der Waals surface area contributed by atoms with E-state index in [0.717, 1.165) is 5.56 Å². The maximum Gasteiger partial charge on any atom is 0.253 e. The van der Waals surface area contributed by atoms with Gasteiger partial charge in [-0.3, -0.25) is 9.59 Å². The van der Waals surface area contributed by atoms with E-state index in [-0.39, 0.29) is 30.5 Å². The number of aryl methyl sites for hydroxylation is 2. The number of rotatable bonds is 6. The molecule has 7 nitrogen and oxygen atoms in total. The molecule has 0 saturated heterocycles. The van der Waals surface area contributed by atoms with Crippen LogP contribution < -0.4 is 10.6 Å². The fourth-order valence-electron chi connectivity index (χ4n) is 2.70. The number of hydrogen-bond donors (Lipinski definition) is 2.